The third kappa shape index (κ3) is 4.14. The van der Waals surface area contributed by atoms with E-state index in [2.05, 4.69) is 28.4 Å². The summed E-state index contributed by atoms with van der Waals surface area (Å²) in [5.41, 5.74) is 3.40. The Labute approximate surface area is 170 Å². The van der Waals surface area contributed by atoms with Crippen LogP contribution in [0.1, 0.15) is 31.9 Å². The topological polar surface area (TPSA) is 27.7 Å². The van der Waals surface area contributed by atoms with Gasteiger partial charge in [0.2, 0.25) is 0 Å². The molecule has 28 heavy (non-hydrogen) atoms. The van der Waals surface area contributed by atoms with E-state index in [1.54, 1.807) is 11.1 Å². The molecule has 0 bridgehead atoms. The van der Waals surface area contributed by atoms with Gasteiger partial charge in [0.1, 0.15) is 17.7 Å². The van der Waals surface area contributed by atoms with E-state index in [0.717, 1.165) is 38.7 Å². The van der Waals surface area contributed by atoms with Crippen molar-refractivity contribution in [3.05, 3.63) is 46.5 Å². The van der Waals surface area contributed by atoms with E-state index in [0.29, 0.717) is 23.5 Å². The number of likely N-dealkylation sites (N-methyl/N-ethyl adjacent to an activating group) is 1. The first kappa shape index (κ1) is 20.3. The predicted molar refractivity (Wildman–Crippen MR) is 109 cm³/mol. The van der Waals surface area contributed by atoms with Gasteiger partial charge in [0.15, 0.2) is 0 Å². The van der Waals surface area contributed by atoms with Crippen LogP contribution in [0.4, 0.5) is 8.78 Å². The fourth-order valence-corrected chi connectivity index (χ4v) is 5.64. The summed E-state index contributed by atoms with van der Waals surface area (Å²) in [5.74, 6) is -0.837. The van der Waals surface area contributed by atoms with Gasteiger partial charge in [-0.15, -0.1) is 0 Å². The van der Waals surface area contributed by atoms with Crippen molar-refractivity contribution in [1.29, 1.82) is 0 Å². The van der Waals surface area contributed by atoms with Crippen LogP contribution >= 0.6 is 11.9 Å². The van der Waals surface area contributed by atoms with Gasteiger partial charge in [-0.25, -0.2) is 13.1 Å². The van der Waals surface area contributed by atoms with Crippen molar-refractivity contribution in [1.82, 2.24) is 14.5 Å². The van der Waals surface area contributed by atoms with Gasteiger partial charge in [0.05, 0.1) is 6.61 Å². The van der Waals surface area contributed by atoms with Crippen molar-refractivity contribution in [2.75, 3.05) is 39.8 Å². The minimum Gasteiger partial charge on any atom is -0.370 e. The zero-order valence-electron chi connectivity index (χ0n) is 16.8. The molecule has 4 nitrogen and oxygen atoms in total. The highest BCUT2D eigenvalue weighted by Gasteiger charge is 2.39. The average Bonchev–Trinajstić information content (AvgIpc) is 3.21. The second-order valence-electron chi connectivity index (χ2n) is 8.27. The summed E-state index contributed by atoms with van der Waals surface area (Å²) in [5, 5.41) is 3.88. The molecule has 0 aromatic heterocycles. The molecule has 2 unspecified atom stereocenters. The Kier molecular flexibility index (Phi) is 6.09. The zero-order valence-corrected chi connectivity index (χ0v) is 17.6. The Morgan fingerprint density at radius 1 is 1.14 bits per heavy atom. The number of benzene rings is 1. The van der Waals surface area contributed by atoms with Gasteiger partial charge in [0, 0.05) is 49.1 Å². The summed E-state index contributed by atoms with van der Waals surface area (Å²) in [4.78, 5) is 2.49. The number of hydrogen-bond acceptors (Lipinski definition) is 5. The highest BCUT2D eigenvalue weighted by atomic mass is 32.2. The Morgan fingerprint density at radius 3 is 2.50 bits per heavy atom. The molecule has 4 rings (SSSR count). The largest absolute Gasteiger partial charge is 0.370 e. The number of nitrogens with zero attached hydrogens (tertiary/aromatic N) is 2. The first-order valence-electron chi connectivity index (χ1n) is 10.0. The molecule has 3 aliphatic rings. The van der Waals surface area contributed by atoms with Gasteiger partial charge in [-0.1, -0.05) is 25.8 Å². The lowest BCUT2D eigenvalue weighted by Crippen LogP contribution is -2.50. The molecule has 1 aromatic carbocycles. The van der Waals surface area contributed by atoms with Crippen LogP contribution in [0.3, 0.4) is 0 Å². The SMILES string of the molecule is CNC1CC(N2CC3=C(CN(SC(C)C)C3)C2)CO[C@@H]1c1cc(F)ccc1F. The van der Waals surface area contributed by atoms with Gasteiger partial charge < -0.3 is 10.1 Å². The zero-order chi connectivity index (χ0) is 19.8. The van der Waals surface area contributed by atoms with Crippen molar-refractivity contribution in [3.63, 3.8) is 0 Å². The van der Waals surface area contributed by atoms with Gasteiger partial charge in [0.25, 0.3) is 0 Å². The van der Waals surface area contributed by atoms with E-state index in [1.165, 1.54) is 12.1 Å². The maximum atomic E-state index is 14.2. The molecule has 0 aliphatic carbocycles. The number of ether oxygens (including phenoxy) is 1. The molecule has 0 radical (unpaired) electrons. The van der Waals surface area contributed by atoms with Crippen LogP contribution in [0.5, 0.6) is 0 Å². The molecule has 0 saturated carbocycles. The van der Waals surface area contributed by atoms with E-state index < -0.39 is 17.7 Å². The molecule has 7 heteroatoms. The van der Waals surface area contributed by atoms with Gasteiger partial charge in [-0.2, -0.15) is 0 Å². The normalized spacial score (nSPS) is 29.1. The van der Waals surface area contributed by atoms with Crippen LogP contribution in [0.15, 0.2) is 29.3 Å². The average molecular weight is 410 g/mol. The first-order chi connectivity index (χ1) is 13.4. The first-order valence-corrected chi connectivity index (χ1v) is 10.9. The second-order valence-corrected chi connectivity index (χ2v) is 9.94. The standard InChI is InChI=1S/C21H29F2N3OS/c1-13(2)28-26-10-14-8-25(9-15(14)11-26)17-7-20(24-3)21(27-12-17)18-6-16(22)4-5-19(18)23/h4-6,13,17,20-21,24H,7-12H2,1-3H3/t17?,20?,21-/m1/s1. The highest BCUT2D eigenvalue weighted by molar-refractivity contribution is 7.97. The van der Waals surface area contributed by atoms with E-state index in [9.17, 15) is 8.78 Å². The van der Waals surface area contributed by atoms with Crippen LogP contribution in [0.25, 0.3) is 0 Å². The van der Waals surface area contributed by atoms with Crippen LogP contribution < -0.4 is 5.32 Å². The molecule has 3 heterocycles. The Hall–Kier alpha value is -0.990. The molecule has 1 saturated heterocycles. The van der Waals surface area contributed by atoms with Crippen molar-refractivity contribution >= 4 is 11.9 Å². The van der Waals surface area contributed by atoms with E-state index in [1.807, 2.05) is 19.0 Å². The van der Waals surface area contributed by atoms with Gasteiger partial charge >= 0.3 is 0 Å². The van der Waals surface area contributed by atoms with E-state index in [4.69, 9.17) is 4.74 Å². The van der Waals surface area contributed by atoms with Crippen LogP contribution in [-0.2, 0) is 4.74 Å². The lowest BCUT2D eigenvalue weighted by atomic mass is 9.92. The van der Waals surface area contributed by atoms with Gasteiger partial charge in [-0.3, -0.25) is 4.90 Å². The second kappa shape index (κ2) is 8.40. The Morgan fingerprint density at radius 2 is 1.86 bits per heavy atom. The third-order valence-electron chi connectivity index (χ3n) is 5.89. The number of halogens is 2. The van der Waals surface area contributed by atoms with Crippen molar-refractivity contribution in [2.45, 2.75) is 43.7 Å². The summed E-state index contributed by atoms with van der Waals surface area (Å²) in [6, 6.07) is 3.85. The van der Waals surface area contributed by atoms with Crippen molar-refractivity contribution in [2.24, 2.45) is 0 Å². The van der Waals surface area contributed by atoms with Gasteiger partial charge in [-0.05, 0) is 42.8 Å². The molecular weight excluding hydrogens is 380 g/mol. The summed E-state index contributed by atoms with van der Waals surface area (Å²) in [6.07, 6.45) is 0.402. The maximum Gasteiger partial charge on any atom is 0.129 e. The molecule has 154 valence electrons. The molecule has 1 aromatic rings. The van der Waals surface area contributed by atoms with E-state index >= 15 is 0 Å². The van der Waals surface area contributed by atoms with Crippen molar-refractivity contribution < 1.29 is 13.5 Å². The Balaban J connectivity index is 1.37. The Bertz CT molecular complexity index is 739. The quantitative estimate of drug-likeness (QED) is 0.595. The summed E-state index contributed by atoms with van der Waals surface area (Å²) >= 11 is 1.93. The third-order valence-corrected chi connectivity index (χ3v) is 6.87. The lowest BCUT2D eigenvalue weighted by molar-refractivity contribution is -0.0539. The van der Waals surface area contributed by atoms with Crippen LogP contribution in [-0.4, -0.2) is 66.4 Å². The number of hydrogen-bond donors (Lipinski definition) is 1. The highest BCUT2D eigenvalue weighted by Crippen LogP contribution is 2.36. The van der Waals surface area contributed by atoms with Crippen LogP contribution in [0, 0.1) is 11.6 Å². The number of nitrogens with one attached hydrogen (secondary N) is 1. The molecule has 0 amide bonds. The lowest BCUT2D eigenvalue weighted by Gasteiger charge is -2.40. The maximum absolute atomic E-state index is 14.2. The van der Waals surface area contributed by atoms with Crippen LogP contribution in [0.2, 0.25) is 0 Å². The summed E-state index contributed by atoms with van der Waals surface area (Å²) in [7, 11) is 1.86. The number of rotatable bonds is 5. The molecule has 0 spiro atoms. The van der Waals surface area contributed by atoms with Crippen molar-refractivity contribution in [3.8, 4) is 0 Å². The molecular formula is C21H29F2N3OS. The fourth-order valence-electron chi connectivity index (χ4n) is 4.58. The molecule has 3 atom stereocenters. The summed E-state index contributed by atoms with van der Waals surface area (Å²) < 4.78 is 36.4. The molecule has 1 fully saturated rings. The minimum absolute atomic E-state index is 0.0431. The smallest absolute Gasteiger partial charge is 0.129 e. The monoisotopic (exact) mass is 409 g/mol. The predicted octanol–water partition coefficient (Wildman–Crippen LogP) is 3.37. The summed E-state index contributed by atoms with van der Waals surface area (Å²) in [6.45, 7) is 9.10. The molecule has 1 N–H and O–H groups in total. The van der Waals surface area contributed by atoms with E-state index in [-0.39, 0.29) is 6.04 Å². The molecule has 3 aliphatic heterocycles. The minimum atomic E-state index is -0.461. The fraction of sp³-hybridized carbons (Fsp3) is 0.619.